The number of pyridine rings is 1. The molecule has 0 aliphatic heterocycles. The van der Waals surface area contributed by atoms with E-state index in [-0.39, 0.29) is 0 Å². The Bertz CT molecular complexity index is 421. The summed E-state index contributed by atoms with van der Waals surface area (Å²) in [6.07, 6.45) is 6.16. The van der Waals surface area contributed by atoms with E-state index in [0.717, 1.165) is 19.4 Å². The van der Waals surface area contributed by atoms with Crippen molar-refractivity contribution >= 4 is 11.7 Å². The van der Waals surface area contributed by atoms with E-state index in [9.17, 15) is 4.79 Å². The number of hydrogen-bond donors (Lipinski definition) is 3. The molecule has 1 saturated carbocycles. The van der Waals surface area contributed by atoms with Gasteiger partial charge in [0.25, 0.3) is 5.91 Å². The van der Waals surface area contributed by atoms with Gasteiger partial charge in [0.15, 0.2) is 0 Å². The summed E-state index contributed by atoms with van der Waals surface area (Å²) in [5, 5.41) is 3.22. The maximum absolute atomic E-state index is 11.2. The number of hydrogen-bond acceptors (Lipinski definition) is 4. The fourth-order valence-electron chi connectivity index (χ4n) is 2.50. The van der Waals surface area contributed by atoms with Crippen molar-refractivity contribution in [2.45, 2.75) is 31.7 Å². The molecule has 0 spiro atoms. The summed E-state index contributed by atoms with van der Waals surface area (Å²) in [7, 11) is 0. The third-order valence-corrected chi connectivity index (χ3v) is 3.45. The van der Waals surface area contributed by atoms with Gasteiger partial charge >= 0.3 is 0 Å². The molecule has 1 amide bonds. The molecular formula is C13H20N4O. The smallest absolute Gasteiger partial charge is 0.252 e. The highest BCUT2D eigenvalue weighted by Gasteiger charge is 2.19. The van der Waals surface area contributed by atoms with Gasteiger partial charge in [-0.3, -0.25) is 4.79 Å². The van der Waals surface area contributed by atoms with Gasteiger partial charge in [0.1, 0.15) is 5.82 Å². The first-order chi connectivity index (χ1) is 8.66. The number of carbonyl (C=O) groups is 1. The van der Waals surface area contributed by atoms with Crippen molar-refractivity contribution < 1.29 is 4.79 Å². The Hall–Kier alpha value is -1.62. The van der Waals surface area contributed by atoms with Crippen LogP contribution in [0.1, 0.15) is 36.0 Å². The largest absolute Gasteiger partial charge is 0.369 e. The normalized spacial score (nSPS) is 23.6. The van der Waals surface area contributed by atoms with Crippen molar-refractivity contribution in [1.29, 1.82) is 0 Å². The zero-order chi connectivity index (χ0) is 13.0. The topological polar surface area (TPSA) is 94.0 Å². The van der Waals surface area contributed by atoms with Crippen molar-refractivity contribution in [2.24, 2.45) is 17.4 Å². The molecule has 1 fully saturated rings. The number of rotatable bonds is 4. The SMILES string of the molecule is NC(=O)c1cccnc1NCC1CCCC(N)C1. The van der Waals surface area contributed by atoms with Crippen molar-refractivity contribution in [3.63, 3.8) is 0 Å². The number of aromatic nitrogens is 1. The number of nitrogens with one attached hydrogen (secondary N) is 1. The van der Waals surface area contributed by atoms with E-state index in [4.69, 9.17) is 11.5 Å². The van der Waals surface area contributed by atoms with Crippen molar-refractivity contribution in [3.8, 4) is 0 Å². The summed E-state index contributed by atoms with van der Waals surface area (Å²) in [6, 6.07) is 3.70. The lowest BCUT2D eigenvalue weighted by Gasteiger charge is -2.27. The maximum atomic E-state index is 11.2. The van der Waals surface area contributed by atoms with Crippen LogP contribution < -0.4 is 16.8 Å². The molecule has 5 N–H and O–H groups in total. The van der Waals surface area contributed by atoms with E-state index in [2.05, 4.69) is 10.3 Å². The third kappa shape index (κ3) is 3.20. The molecule has 0 saturated heterocycles. The van der Waals surface area contributed by atoms with Gasteiger partial charge in [-0.1, -0.05) is 6.42 Å². The molecule has 0 aromatic carbocycles. The van der Waals surface area contributed by atoms with E-state index in [1.54, 1.807) is 18.3 Å². The summed E-state index contributed by atoms with van der Waals surface area (Å²) >= 11 is 0. The zero-order valence-electron chi connectivity index (χ0n) is 10.4. The number of amides is 1. The van der Waals surface area contributed by atoms with Crippen LogP contribution in [0.2, 0.25) is 0 Å². The lowest BCUT2D eigenvalue weighted by molar-refractivity contribution is 0.100. The summed E-state index contributed by atoms with van der Waals surface area (Å²) < 4.78 is 0. The quantitative estimate of drug-likeness (QED) is 0.744. The molecule has 5 nitrogen and oxygen atoms in total. The van der Waals surface area contributed by atoms with Crippen LogP contribution in [0.4, 0.5) is 5.82 Å². The fraction of sp³-hybridized carbons (Fsp3) is 0.538. The highest BCUT2D eigenvalue weighted by Crippen LogP contribution is 2.23. The zero-order valence-corrected chi connectivity index (χ0v) is 10.4. The van der Waals surface area contributed by atoms with Crippen molar-refractivity contribution in [2.75, 3.05) is 11.9 Å². The van der Waals surface area contributed by atoms with Gasteiger partial charge in [0.05, 0.1) is 5.56 Å². The summed E-state index contributed by atoms with van der Waals surface area (Å²) in [5.41, 5.74) is 11.7. The molecule has 1 aliphatic rings. The Morgan fingerprint density at radius 2 is 2.33 bits per heavy atom. The molecule has 18 heavy (non-hydrogen) atoms. The summed E-state index contributed by atoms with van der Waals surface area (Å²) in [4.78, 5) is 15.4. The first-order valence-electron chi connectivity index (χ1n) is 6.41. The van der Waals surface area contributed by atoms with Gasteiger partial charge < -0.3 is 16.8 Å². The molecule has 0 bridgehead atoms. The van der Waals surface area contributed by atoms with Gasteiger partial charge in [-0.2, -0.15) is 0 Å². The molecule has 5 heteroatoms. The predicted octanol–water partition coefficient (Wildman–Crippen LogP) is 1.11. The highest BCUT2D eigenvalue weighted by molar-refractivity contribution is 5.97. The number of nitrogens with two attached hydrogens (primary N) is 2. The van der Waals surface area contributed by atoms with Gasteiger partial charge in [-0.15, -0.1) is 0 Å². The van der Waals surface area contributed by atoms with Gasteiger partial charge in [-0.25, -0.2) is 4.98 Å². The summed E-state index contributed by atoms with van der Waals surface area (Å²) in [5.74, 6) is 0.673. The van der Waals surface area contributed by atoms with Crippen LogP contribution in [-0.2, 0) is 0 Å². The van der Waals surface area contributed by atoms with Crippen molar-refractivity contribution in [3.05, 3.63) is 23.9 Å². The number of primary amides is 1. The number of carbonyl (C=O) groups excluding carboxylic acids is 1. The van der Waals surface area contributed by atoms with E-state index >= 15 is 0 Å². The number of nitrogens with zero attached hydrogens (tertiary/aromatic N) is 1. The Morgan fingerprint density at radius 1 is 1.50 bits per heavy atom. The molecule has 1 aromatic rings. The molecular weight excluding hydrogens is 228 g/mol. The second kappa shape index (κ2) is 5.82. The first-order valence-corrected chi connectivity index (χ1v) is 6.41. The fourth-order valence-corrected chi connectivity index (χ4v) is 2.50. The molecule has 1 heterocycles. The maximum Gasteiger partial charge on any atom is 0.252 e. The van der Waals surface area contributed by atoms with E-state index in [1.807, 2.05) is 0 Å². The van der Waals surface area contributed by atoms with Crippen LogP contribution in [0.3, 0.4) is 0 Å². The van der Waals surface area contributed by atoms with Crippen LogP contribution in [0.15, 0.2) is 18.3 Å². The highest BCUT2D eigenvalue weighted by atomic mass is 16.1. The first kappa shape index (κ1) is 12.8. The molecule has 2 unspecified atom stereocenters. The van der Waals surface area contributed by atoms with Gasteiger partial charge in [-0.05, 0) is 37.3 Å². The van der Waals surface area contributed by atoms with Crippen molar-refractivity contribution in [1.82, 2.24) is 4.98 Å². The number of anilines is 1. The van der Waals surface area contributed by atoms with E-state index in [1.165, 1.54) is 12.8 Å². The second-order valence-corrected chi connectivity index (χ2v) is 4.94. The Morgan fingerprint density at radius 3 is 3.06 bits per heavy atom. The van der Waals surface area contributed by atoms with Crippen LogP contribution in [0.5, 0.6) is 0 Å². The Labute approximate surface area is 107 Å². The minimum atomic E-state index is -0.453. The average Bonchev–Trinajstić information content (AvgIpc) is 2.37. The molecule has 0 radical (unpaired) electrons. The molecule has 1 aromatic heterocycles. The minimum absolute atomic E-state index is 0.310. The molecule has 98 valence electrons. The molecule has 2 rings (SSSR count). The minimum Gasteiger partial charge on any atom is -0.369 e. The second-order valence-electron chi connectivity index (χ2n) is 4.94. The third-order valence-electron chi connectivity index (χ3n) is 3.45. The molecule has 1 aliphatic carbocycles. The Balaban J connectivity index is 1.95. The predicted molar refractivity (Wildman–Crippen MR) is 71.2 cm³/mol. The monoisotopic (exact) mass is 248 g/mol. The van der Waals surface area contributed by atoms with Crippen LogP contribution in [0, 0.1) is 5.92 Å². The van der Waals surface area contributed by atoms with E-state index in [0.29, 0.717) is 23.3 Å². The van der Waals surface area contributed by atoms with Crippen LogP contribution in [-0.4, -0.2) is 23.5 Å². The lowest BCUT2D eigenvalue weighted by atomic mass is 9.86. The Kier molecular flexibility index (Phi) is 4.15. The van der Waals surface area contributed by atoms with Crippen LogP contribution >= 0.6 is 0 Å². The van der Waals surface area contributed by atoms with Gasteiger partial charge in [0.2, 0.25) is 0 Å². The average molecular weight is 248 g/mol. The summed E-state index contributed by atoms with van der Waals surface area (Å²) in [6.45, 7) is 0.797. The molecule has 2 atom stereocenters. The van der Waals surface area contributed by atoms with Gasteiger partial charge in [0, 0.05) is 18.8 Å². The lowest BCUT2D eigenvalue weighted by Crippen LogP contribution is -2.31. The standard InChI is InChI=1S/C13H20N4O/c14-10-4-1-3-9(7-10)8-17-13-11(12(15)18)5-2-6-16-13/h2,5-6,9-10H,1,3-4,7-8,14H2,(H2,15,18)(H,16,17). The van der Waals surface area contributed by atoms with E-state index < -0.39 is 5.91 Å². The van der Waals surface area contributed by atoms with Crippen LogP contribution in [0.25, 0.3) is 0 Å².